The molecule has 0 radical (unpaired) electrons. The first-order valence-electron chi connectivity index (χ1n) is 21.6. The lowest BCUT2D eigenvalue weighted by atomic mass is 10.1. The Bertz CT molecular complexity index is 1060. The molecular weight excluding hydrogens is 719 g/mol. The highest BCUT2D eigenvalue weighted by atomic mass is 31.2. The van der Waals surface area contributed by atoms with E-state index in [1.54, 1.807) is 0 Å². The minimum absolute atomic E-state index is 0.157. The molecule has 0 aromatic rings. The van der Waals surface area contributed by atoms with Crippen molar-refractivity contribution < 1.29 is 47.8 Å². The molecule has 11 heteroatoms. The quantitative estimate of drug-likeness (QED) is 0.0237. The number of aliphatic hydroxyl groups is 2. The van der Waals surface area contributed by atoms with Crippen LogP contribution in [0.3, 0.4) is 0 Å². The average Bonchev–Trinajstić information content (AvgIpc) is 3.17. The zero-order valence-corrected chi connectivity index (χ0v) is 35.5. The van der Waals surface area contributed by atoms with Crippen molar-refractivity contribution in [2.45, 2.75) is 193 Å². The Morgan fingerprint density at radius 2 is 0.945 bits per heavy atom. The second-order valence-electron chi connectivity index (χ2n) is 14.4. The smallest absolute Gasteiger partial charge is 0.462 e. The van der Waals surface area contributed by atoms with Gasteiger partial charge in [-0.15, -0.1) is 0 Å². The van der Waals surface area contributed by atoms with Crippen LogP contribution in [0.15, 0.2) is 48.6 Å². The van der Waals surface area contributed by atoms with Crippen LogP contribution in [-0.2, 0) is 32.7 Å². The summed E-state index contributed by atoms with van der Waals surface area (Å²) in [5.74, 6) is -0.956. The number of unbranched alkanes of at least 4 members (excludes halogenated alkanes) is 18. The summed E-state index contributed by atoms with van der Waals surface area (Å²) < 4.78 is 32.7. The average molecular weight is 799 g/mol. The van der Waals surface area contributed by atoms with Crippen molar-refractivity contribution in [3.8, 4) is 0 Å². The number of carbonyl (C=O) groups excluding carboxylic acids is 2. The van der Waals surface area contributed by atoms with Gasteiger partial charge in [0, 0.05) is 12.8 Å². The molecule has 55 heavy (non-hydrogen) atoms. The number of hydrogen-bond acceptors (Lipinski definition) is 9. The van der Waals surface area contributed by atoms with E-state index in [-0.39, 0.29) is 19.4 Å². The highest BCUT2D eigenvalue weighted by molar-refractivity contribution is 7.47. The second kappa shape index (κ2) is 40.1. The van der Waals surface area contributed by atoms with E-state index in [9.17, 15) is 24.2 Å². The van der Waals surface area contributed by atoms with Crippen LogP contribution in [0.2, 0.25) is 0 Å². The summed E-state index contributed by atoms with van der Waals surface area (Å²) in [7, 11) is -4.62. The molecule has 3 atom stereocenters. The first-order chi connectivity index (χ1) is 26.7. The van der Waals surface area contributed by atoms with Crippen molar-refractivity contribution >= 4 is 19.8 Å². The lowest BCUT2D eigenvalue weighted by molar-refractivity contribution is -0.161. The molecule has 0 aliphatic heterocycles. The summed E-state index contributed by atoms with van der Waals surface area (Å²) in [6.45, 7) is 2.30. The van der Waals surface area contributed by atoms with E-state index < -0.39 is 51.8 Å². The predicted molar refractivity (Wildman–Crippen MR) is 224 cm³/mol. The molecule has 0 bridgehead atoms. The fourth-order valence-electron chi connectivity index (χ4n) is 5.58. The number of esters is 2. The third-order valence-electron chi connectivity index (χ3n) is 8.96. The maximum atomic E-state index is 12.6. The molecule has 0 heterocycles. The summed E-state index contributed by atoms with van der Waals surface area (Å²) >= 11 is 0. The Hall–Kier alpha value is -2.07. The van der Waals surface area contributed by atoms with Gasteiger partial charge in [-0.2, -0.15) is 0 Å². The molecule has 0 aromatic heterocycles. The van der Waals surface area contributed by atoms with Crippen LogP contribution in [0.25, 0.3) is 0 Å². The van der Waals surface area contributed by atoms with Crippen LogP contribution < -0.4 is 0 Å². The summed E-state index contributed by atoms with van der Waals surface area (Å²) in [4.78, 5) is 35.0. The van der Waals surface area contributed by atoms with Gasteiger partial charge in [-0.1, -0.05) is 140 Å². The number of rotatable bonds is 40. The maximum absolute atomic E-state index is 12.6. The maximum Gasteiger partial charge on any atom is 0.472 e. The van der Waals surface area contributed by atoms with Crippen molar-refractivity contribution in [3.63, 3.8) is 0 Å². The van der Waals surface area contributed by atoms with Crippen LogP contribution in [0, 0.1) is 0 Å². The van der Waals surface area contributed by atoms with Crippen LogP contribution in [0.1, 0.15) is 181 Å². The number of phosphoric ester groups is 1. The van der Waals surface area contributed by atoms with Crippen LogP contribution >= 0.6 is 7.82 Å². The topological polar surface area (TPSA) is 149 Å². The van der Waals surface area contributed by atoms with E-state index in [1.807, 2.05) is 0 Å². The minimum atomic E-state index is -4.62. The van der Waals surface area contributed by atoms with E-state index in [0.29, 0.717) is 12.8 Å². The van der Waals surface area contributed by atoms with Crippen molar-refractivity contribution in [2.75, 3.05) is 26.4 Å². The van der Waals surface area contributed by atoms with Crippen molar-refractivity contribution in [1.82, 2.24) is 0 Å². The summed E-state index contributed by atoms with van der Waals surface area (Å²) in [5, 5.41) is 18.3. The minimum Gasteiger partial charge on any atom is -0.462 e. The van der Waals surface area contributed by atoms with E-state index in [1.165, 1.54) is 77.0 Å². The summed E-state index contributed by atoms with van der Waals surface area (Å²) in [5.41, 5.74) is 0. The number of aliphatic hydroxyl groups excluding tert-OH is 2. The van der Waals surface area contributed by atoms with Crippen molar-refractivity contribution in [2.24, 2.45) is 0 Å². The Labute approximate surface area is 334 Å². The number of phosphoric acid groups is 1. The highest BCUT2D eigenvalue weighted by Gasteiger charge is 2.27. The van der Waals surface area contributed by atoms with Crippen LogP contribution in [0.4, 0.5) is 0 Å². The molecule has 0 fully saturated rings. The van der Waals surface area contributed by atoms with Gasteiger partial charge in [-0.3, -0.25) is 18.6 Å². The van der Waals surface area contributed by atoms with E-state index in [0.717, 1.165) is 64.2 Å². The predicted octanol–water partition coefficient (Wildman–Crippen LogP) is 11.3. The molecule has 10 nitrogen and oxygen atoms in total. The van der Waals surface area contributed by atoms with Gasteiger partial charge in [-0.25, -0.2) is 4.57 Å². The number of carbonyl (C=O) groups is 2. The van der Waals surface area contributed by atoms with E-state index >= 15 is 0 Å². The summed E-state index contributed by atoms with van der Waals surface area (Å²) in [6.07, 6.45) is 42.1. The van der Waals surface area contributed by atoms with Gasteiger partial charge >= 0.3 is 19.8 Å². The molecule has 0 aliphatic rings. The van der Waals surface area contributed by atoms with E-state index in [4.69, 9.17) is 19.1 Å². The Morgan fingerprint density at radius 1 is 0.545 bits per heavy atom. The van der Waals surface area contributed by atoms with Gasteiger partial charge in [0.15, 0.2) is 6.10 Å². The molecule has 320 valence electrons. The Balaban J connectivity index is 4.36. The lowest BCUT2D eigenvalue weighted by Crippen LogP contribution is -2.29. The molecule has 0 rings (SSSR count). The molecular formula is C44H79O10P. The van der Waals surface area contributed by atoms with Gasteiger partial charge in [-0.05, 0) is 77.0 Å². The molecule has 0 spiro atoms. The zero-order valence-electron chi connectivity index (χ0n) is 34.6. The number of allylic oxidation sites excluding steroid dienone is 8. The van der Waals surface area contributed by atoms with Gasteiger partial charge < -0.3 is 24.6 Å². The Kier molecular flexibility index (Phi) is 38.6. The van der Waals surface area contributed by atoms with Gasteiger partial charge in [0.1, 0.15) is 12.7 Å². The summed E-state index contributed by atoms with van der Waals surface area (Å²) in [6, 6.07) is 0. The van der Waals surface area contributed by atoms with Crippen LogP contribution in [-0.4, -0.2) is 65.7 Å². The molecule has 0 saturated carbocycles. The standard InChI is InChI=1S/C44H79O10P/c1-3-5-7-9-11-13-15-17-19-20-22-24-26-28-30-32-34-36-44(48)54-42(40-53-55(49,50)52-38-41(46)37-45)39-51-43(47)35-33-31-29-27-25-23-21-18-16-14-12-10-8-6-4-2/h11,13-14,16-17,19,22,24,41-42,45-46H,3-10,12,15,18,20-21,23,25-40H2,1-2H3,(H,49,50). The zero-order chi connectivity index (χ0) is 40.5. The molecule has 0 amide bonds. The largest absolute Gasteiger partial charge is 0.472 e. The fraction of sp³-hybridized carbons (Fsp3) is 0.773. The number of ether oxygens (including phenoxy) is 2. The highest BCUT2D eigenvalue weighted by Crippen LogP contribution is 2.43. The SMILES string of the molecule is CCCCCC=CCC=CCC=CCCCCCCC(=O)OC(COC(=O)CCCCCCCCCC=CCCCCCC)COP(=O)(O)OCC(O)CO. The third kappa shape index (κ3) is 39.9. The molecule has 3 unspecified atom stereocenters. The third-order valence-corrected chi connectivity index (χ3v) is 9.91. The molecule has 3 N–H and O–H groups in total. The second-order valence-corrected chi connectivity index (χ2v) is 15.8. The first kappa shape index (κ1) is 52.9. The lowest BCUT2D eigenvalue weighted by Gasteiger charge is -2.20. The van der Waals surface area contributed by atoms with Gasteiger partial charge in [0.2, 0.25) is 0 Å². The van der Waals surface area contributed by atoms with Gasteiger partial charge in [0.05, 0.1) is 19.8 Å². The molecule has 0 aliphatic carbocycles. The normalized spacial score (nSPS) is 14.3. The van der Waals surface area contributed by atoms with Gasteiger partial charge in [0.25, 0.3) is 0 Å². The van der Waals surface area contributed by atoms with Crippen molar-refractivity contribution in [3.05, 3.63) is 48.6 Å². The molecule has 0 aromatic carbocycles. The molecule has 0 saturated heterocycles. The van der Waals surface area contributed by atoms with Crippen molar-refractivity contribution in [1.29, 1.82) is 0 Å². The van der Waals surface area contributed by atoms with E-state index in [2.05, 4.69) is 67.0 Å². The Morgan fingerprint density at radius 3 is 1.47 bits per heavy atom. The number of hydrogen-bond donors (Lipinski definition) is 3. The monoisotopic (exact) mass is 799 g/mol. The fourth-order valence-corrected chi connectivity index (χ4v) is 6.37. The van der Waals surface area contributed by atoms with Crippen LogP contribution in [0.5, 0.6) is 0 Å². The first-order valence-corrected chi connectivity index (χ1v) is 23.1.